The number of carbonyl (C=O) groups excluding carboxylic acids is 2. The minimum Gasteiger partial charge on any atom is -0.444 e. The lowest BCUT2D eigenvalue weighted by atomic mass is 10.2. The molecule has 2 aliphatic rings. The minimum absolute atomic E-state index is 0.321. The quantitative estimate of drug-likeness (QED) is 0.704. The number of nitrogens with zero attached hydrogens (tertiary/aromatic N) is 3. The summed E-state index contributed by atoms with van der Waals surface area (Å²) in [5.41, 5.74) is 0.333. The predicted molar refractivity (Wildman–Crippen MR) is 120 cm³/mol. The third-order valence-corrected chi connectivity index (χ3v) is 5.11. The van der Waals surface area contributed by atoms with E-state index in [0.29, 0.717) is 55.6 Å². The van der Waals surface area contributed by atoms with E-state index >= 15 is 0 Å². The average Bonchev–Trinajstić information content (AvgIpc) is 3.06. The summed E-state index contributed by atoms with van der Waals surface area (Å²) in [5, 5.41) is 2.98. The molecule has 10 heteroatoms. The fourth-order valence-electron chi connectivity index (χ4n) is 3.47. The van der Waals surface area contributed by atoms with Gasteiger partial charge in [0.15, 0.2) is 0 Å². The third kappa shape index (κ3) is 5.96. The van der Waals surface area contributed by atoms with Crippen LogP contribution in [-0.4, -0.2) is 73.0 Å². The largest absolute Gasteiger partial charge is 0.444 e. The molecule has 0 aromatic heterocycles. The molecule has 0 aliphatic carbocycles. The van der Waals surface area contributed by atoms with Crippen LogP contribution in [0.5, 0.6) is 0 Å². The molecule has 2 heterocycles. The van der Waals surface area contributed by atoms with E-state index in [1.54, 1.807) is 24.0 Å². The molecule has 2 amide bonds. The molecule has 0 unspecified atom stereocenters. The van der Waals surface area contributed by atoms with Crippen molar-refractivity contribution in [2.75, 3.05) is 49.1 Å². The highest BCUT2D eigenvalue weighted by molar-refractivity contribution is 7.80. The molecule has 2 aliphatic heterocycles. The van der Waals surface area contributed by atoms with Gasteiger partial charge in [0.05, 0.1) is 29.5 Å². The fraction of sp³-hybridized carbons (Fsp3) is 0.571. The lowest BCUT2D eigenvalue weighted by Crippen LogP contribution is -2.50. The van der Waals surface area contributed by atoms with Gasteiger partial charge in [-0.25, -0.2) is 14.0 Å². The molecule has 1 N–H and O–H groups in total. The van der Waals surface area contributed by atoms with Crippen molar-refractivity contribution in [3.05, 3.63) is 24.0 Å². The molecule has 0 spiro atoms. The molecule has 3 rings (SSSR count). The molecule has 0 radical (unpaired) electrons. The van der Waals surface area contributed by atoms with Crippen molar-refractivity contribution < 1.29 is 23.5 Å². The number of thiocarbonyl (C=S) groups is 1. The fourth-order valence-corrected chi connectivity index (χ4v) is 3.56. The highest BCUT2D eigenvalue weighted by Crippen LogP contribution is 2.28. The molecule has 31 heavy (non-hydrogen) atoms. The SMILES string of the molecule is CC(=S)NC[C@H]1CN(c2ccc(N3CCN(C(=O)OC(C)(C)C)CC3)c(F)c2)C(=O)O1. The summed E-state index contributed by atoms with van der Waals surface area (Å²) < 4.78 is 25.6. The zero-order valence-corrected chi connectivity index (χ0v) is 19.1. The number of hydrogen-bond acceptors (Lipinski definition) is 6. The smallest absolute Gasteiger partial charge is 0.414 e. The molecular formula is C21H29FN4O4S. The van der Waals surface area contributed by atoms with Crippen LogP contribution in [0.1, 0.15) is 27.7 Å². The number of amides is 2. The van der Waals surface area contributed by atoms with Crippen LogP contribution in [0.3, 0.4) is 0 Å². The second kappa shape index (κ2) is 9.25. The summed E-state index contributed by atoms with van der Waals surface area (Å²) in [6, 6.07) is 4.71. The Hall–Kier alpha value is -2.62. The number of benzene rings is 1. The highest BCUT2D eigenvalue weighted by Gasteiger charge is 2.33. The maximum Gasteiger partial charge on any atom is 0.414 e. The molecule has 0 bridgehead atoms. The Morgan fingerprint density at radius 3 is 2.55 bits per heavy atom. The van der Waals surface area contributed by atoms with E-state index in [9.17, 15) is 14.0 Å². The third-order valence-electron chi connectivity index (χ3n) is 4.97. The molecule has 2 saturated heterocycles. The van der Waals surface area contributed by atoms with E-state index in [4.69, 9.17) is 21.7 Å². The van der Waals surface area contributed by atoms with Crippen LogP contribution in [0.2, 0.25) is 0 Å². The average molecular weight is 453 g/mol. The van der Waals surface area contributed by atoms with Gasteiger partial charge in [0.25, 0.3) is 0 Å². The Balaban J connectivity index is 1.60. The standard InChI is InChI=1S/C21H29FN4O4S/c1-14(31)23-12-16-13-26(20(28)29-16)15-5-6-18(17(22)11-15)24-7-9-25(10-8-24)19(27)30-21(2,3)4/h5-6,11,16H,7-10,12-13H2,1-4H3,(H,23,31)/t16-/m0/s1. The van der Waals surface area contributed by atoms with Crippen molar-refractivity contribution in [1.82, 2.24) is 10.2 Å². The van der Waals surface area contributed by atoms with Gasteiger partial charge in [-0.2, -0.15) is 0 Å². The minimum atomic E-state index is -0.551. The Bertz CT molecular complexity index is 852. The second-order valence-electron chi connectivity index (χ2n) is 8.64. The van der Waals surface area contributed by atoms with Gasteiger partial charge in [-0.05, 0) is 45.9 Å². The van der Waals surface area contributed by atoms with Crippen molar-refractivity contribution in [1.29, 1.82) is 0 Å². The molecule has 1 aromatic carbocycles. The zero-order valence-electron chi connectivity index (χ0n) is 18.3. The van der Waals surface area contributed by atoms with E-state index < -0.39 is 17.5 Å². The van der Waals surface area contributed by atoms with E-state index in [-0.39, 0.29) is 12.2 Å². The summed E-state index contributed by atoms with van der Waals surface area (Å²) in [5.74, 6) is -0.424. The number of nitrogens with one attached hydrogen (secondary N) is 1. The summed E-state index contributed by atoms with van der Waals surface area (Å²) in [6.45, 7) is 9.85. The Labute approximate surface area is 187 Å². The topological polar surface area (TPSA) is 74.4 Å². The van der Waals surface area contributed by atoms with Crippen LogP contribution in [0.25, 0.3) is 0 Å². The van der Waals surface area contributed by atoms with Crippen molar-refractivity contribution in [2.24, 2.45) is 0 Å². The van der Waals surface area contributed by atoms with E-state index in [0.717, 1.165) is 0 Å². The number of halogens is 1. The van der Waals surface area contributed by atoms with Crippen LogP contribution in [-0.2, 0) is 9.47 Å². The predicted octanol–water partition coefficient (Wildman–Crippen LogP) is 3.14. The normalized spacial score (nSPS) is 19.3. The first-order valence-electron chi connectivity index (χ1n) is 10.3. The number of ether oxygens (including phenoxy) is 2. The van der Waals surface area contributed by atoms with Gasteiger partial charge in [0.2, 0.25) is 0 Å². The van der Waals surface area contributed by atoms with Gasteiger partial charge in [-0.1, -0.05) is 12.2 Å². The van der Waals surface area contributed by atoms with E-state index in [1.165, 1.54) is 11.0 Å². The molecule has 1 aromatic rings. The number of rotatable bonds is 4. The lowest BCUT2D eigenvalue weighted by molar-refractivity contribution is 0.0240. The van der Waals surface area contributed by atoms with Crippen molar-refractivity contribution in [2.45, 2.75) is 39.4 Å². The van der Waals surface area contributed by atoms with Crippen LogP contribution in [0.4, 0.5) is 25.4 Å². The van der Waals surface area contributed by atoms with Crippen LogP contribution in [0.15, 0.2) is 18.2 Å². The van der Waals surface area contributed by atoms with Crippen LogP contribution in [0, 0.1) is 5.82 Å². The zero-order chi connectivity index (χ0) is 22.8. The van der Waals surface area contributed by atoms with Gasteiger partial charge in [-0.3, -0.25) is 4.90 Å². The Kier molecular flexibility index (Phi) is 6.88. The molecule has 8 nitrogen and oxygen atoms in total. The number of cyclic esters (lactones) is 1. The summed E-state index contributed by atoms with van der Waals surface area (Å²) in [7, 11) is 0. The number of anilines is 2. The van der Waals surface area contributed by atoms with Gasteiger partial charge in [0, 0.05) is 26.2 Å². The van der Waals surface area contributed by atoms with Crippen molar-refractivity contribution in [3.63, 3.8) is 0 Å². The van der Waals surface area contributed by atoms with Crippen molar-refractivity contribution in [3.8, 4) is 0 Å². The Morgan fingerprint density at radius 1 is 1.29 bits per heavy atom. The van der Waals surface area contributed by atoms with Crippen LogP contribution >= 0.6 is 12.2 Å². The number of piperazine rings is 1. The number of hydrogen-bond donors (Lipinski definition) is 1. The van der Waals surface area contributed by atoms with E-state index in [2.05, 4.69) is 5.32 Å². The molecular weight excluding hydrogens is 423 g/mol. The first-order valence-corrected chi connectivity index (χ1v) is 10.7. The number of carbonyl (C=O) groups is 2. The lowest BCUT2D eigenvalue weighted by Gasteiger charge is -2.37. The van der Waals surface area contributed by atoms with Crippen LogP contribution < -0.4 is 15.1 Å². The maximum atomic E-state index is 14.9. The Morgan fingerprint density at radius 2 is 1.97 bits per heavy atom. The van der Waals surface area contributed by atoms with Gasteiger partial charge in [0.1, 0.15) is 17.5 Å². The highest BCUT2D eigenvalue weighted by atomic mass is 32.1. The summed E-state index contributed by atoms with van der Waals surface area (Å²) in [6.07, 6.45) is -1.22. The van der Waals surface area contributed by atoms with Crippen molar-refractivity contribution >= 4 is 40.8 Å². The molecule has 0 saturated carbocycles. The summed E-state index contributed by atoms with van der Waals surface area (Å²) in [4.78, 5) is 29.9. The second-order valence-corrected chi connectivity index (χ2v) is 9.26. The molecule has 170 valence electrons. The monoisotopic (exact) mass is 452 g/mol. The molecule has 1 atom stereocenters. The molecule has 2 fully saturated rings. The summed E-state index contributed by atoms with van der Waals surface area (Å²) >= 11 is 4.97. The van der Waals surface area contributed by atoms with Gasteiger partial charge >= 0.3 is 12.2 Å². The first kappa shape index (κ1) is 23.1. The van der Waals surface area contributed by atoms with E-state index in [1.807, 2.05) is 25.7 Å². The maximum absolute atomic E-state index is 14.9. The van der Waals surface area contributed by atoms with Gasteiger partial charge < -0.3 is 24.6 Å². The first-order chi connectivity index (χ1) is 14.5. The van der Waals surface area contributed by atoms with Gasteiger partial charge in [-0.15, -0.1) is 0 Å².